The molecule has 0 aliphatic rings. The molecule has 16 heavy (non-hydrogen) atoms. The minimum Gasteiger partial charge on any atom is -0.547 e. The Bertz CT molecular complexity index is 235. The highest BCUT2D eigenvalue weighted by Gasteiger charge is 2.23. The standard InChI is InChI=1S/C4H6O6.C3H7NO2/c5-1(3(7)8)2(6)4(9)10;1-4-2-3(5)6/h1-2,5-6H,(H,7,8)(H,9,10);4H,2H2,1H3,(H,5,6)/t1-,2-;/m1./s1. The molecule has 0 unspecified atom stereocenters. The van der Waals surface area contributed by atoms with Gasteiger partial charge in [-0.05, 0) is 0 Å². The number of carboxylic acids is 3. The van der Waals surface area contributed by atoms with Crippen LogP contribution >= 0.6 is 0 Å². The molecule has 0 radical (unpaired) electrons. The van der Waals surface area contributed by atoms with Crippen LogP contribution in [0.5, 0.6) is 0 Å². The lowest BCUT2D eigenvalue weighted by atomic mass is 10.2. The third-order valence-corrected chi connectivity index (χ3v) is 1.17. The Morgan fingerprint density at radius 1 is 1.19 bits per heavy atom. The summed E-state index contributed by atoms with van der Waals surface area (Å²) in [5, 5.41) is 43.6. The summed E-state index contributed by atoms with van der Waals surface area (Å²) in [5.74, 6) is -4.59. The van der Waals surface area contributed by atoms with Gasteiger partial charge >= 0.3 is 11.9 Å². The topological polar surface area (TPSA) is 172 Å². The summed E-state index contributed by atoms with van der Waals surface area (Å²) in [4.78, 5) is 29.0. The number of quaternary nitrogens is 1. The number of aliphatic carboxylic acids is 3. The average Bonchev–Trinajstić information content (AvgIpc) is 2.15. The van der Waals surface area contributed by atoms with Crippen LogP contribution in [0.15, 0.2) is 0 Å². The highest BCUT2D eigenvalue weighted by molar-refractivity contribution is 5.82. The van der Waals surface area contributed by atoms with Crippen molar-refractivity contribution in [2.45, 2.75) is 12.2 Å². The Labute approximate surface area is 89.9 Å². The van der Waals surface area contributed by atoms with Crippen molar-refractivity contribution in [2.24, 2.45) is 0 Å². The van der Waals surface area contributed by atoms with Crippen LogP contribution in [0, 0.1) is 0 Å². The van der Waals surface area contributed by atoms with Crippen molar-refractivity contribution >= 4 is 17.9 Å². The molecule has 0 saturated carbocycles. The van der Waals surface area contributed by atoms with E-state index in [0.29, 0.717) is 0 Å². The largest absolute Gasteiger partial charge is 0.547 e. The maximum Gasteiger partial charge on any atom is 0.359 e. The van der Waals surface area contributed by atoms with E-state index in [1.807, 2.05) is 0 Å². The molecule has 0 aromatic rings. The van der Waals surface area contributed by atoms with Crippen LogP contribution in [0.3, 0.4) is 0 Å². The van der Waals surface area contributed by atoms with Gasteiger partial charge in [-0.2, -0.15) is 0 Å². The van der Waals surface area contributed by atoms with Gasteiger partial charge in [-0.15, -0.1) is 0 Å². The maximum atomic E-state index is 9.74. The molecule has 0 aliphatic heterocycles. The van der Waals surface area contributed by atoms with Gasteiger partial charge < -0.3 is 35.6 Å². The zero-order valence-corrected chi connectivity index (χ0v) is 8.36. The minimum atomic E-state index is -2.38. The Balaban J connectivity index is 0. The molecule has 0 saturated heterocycles. The first-order chi connectivity index (χ1) is 7.23. The normalized spacial score (nSPS) is 12.9. The molecule has 0 bridgehead atoms. The van der Waals surface area contributed by atoms with E-state index in [4.69, 9.17) is 20.4 Å². The van der Waals surface area contributed by atoms with Gasteiger partial charge in [-0.3, -0.25) is 0 Å². The Hall–Kier alpha value is -1.71. The second kappa shape index (κ2) is 8.59. The van der Waals surface area contributed by atoms with Gasteiger partial charge in [0.2, 0.25) is 0 Å². The quantitative estimate of drug-likeness (QED) is 0.316. The number of hydrogen-bond donors (Lipinski definition) is 5. The van der Waals surface area contributed by atoms with Crippen molar-refractivity contribution in [3.8, 4) is 0 Å². The van der Waals surface area contributed by atoms with E-state index in [9.17, 15) is 19.5 Å². The Morgan fingerprint density at radius 3 is 1.69 bits per heavy atom. The number of hydrogen-bond acceptors (Lipinski definition) is 6. The van der Waals surface area contributed by atoms with E-state index in [-0.39, 0.29) is 6.54 Å². The molecular weight excluding hydrogens is 226 g/mol. The van der Waals surface area contributed by atoms with Crippen molar-refractivity contribution < 1.29 is 45.2 Å². The highest BCUT2D eigenvalue weighted by atomic mass is 16.4. The third kappa shape index (κ3) is 8.87. The van der Waals surface area contributed by atoms with Crippen LogP contribution in [-0.4, -0.2) is 64.1 Å². The highest BCUT2D eigenvalue weighted by Crippen LogP contribution is 1.90. The maximum absolute atomic E-state index is 9.74. The Morgan fingerprint density at radius 2 is 1.62 bits per heavy atom. The first kappa shape index (κ1) is 16.7. The number of aliphatic hydroxyl groups excluding tert-OH is 2. The van der Waals surface area contributed by atoms with Gasteiger partial charge in [-0.25, -0.2) is 9.59 Å². The molecule has 9 nitrogen and oxygen atoms in total. The minimum absolute atomic E-state index is 0.167. The molecule has 94 valence electrons. The molecule has 0 aliphatic carbocycles. The fourth-order valence-corrected chi connectivity index (χ4v) is 0.439. The second-order valence-corrected chi connectivity index (χ2v) is 2.55. The molecule has 0 heterocycles. The fourth-order valence-electron chi connectivity index (χ4n) is 0.439. The van der Waals surface area contributed by atoms with Crippen LogP contribution in [0.1, 0.15) is 0 Å². The molecule has 0 rings (SSSR count). The third-order valence-electron chi connectivity index (χ3n) is 1.17. The molecule has 2 atom stereocenters. The zero-order valence-electron chi connectivity index (χ0n) is 8.36. The van der Waals surface area contributed by atoms with E-state index < -0.39 is 30.1 Å². The predicted octanol–water partition coefficient (Wildman–Crippen LogP) is -5.19. The van der Waals surface area contributed by atoms with Gasteiger partial charge in [0, 0.05) is 0 Å². The van der Waals surface area contributed by atoms with E-state index in [2.05, 4.69) is 0 Å². The first-order valence-corrected chi connectivity index (χ1v) is 4.03. The molecule has 0 amide bonds. The number of aliphatic hydroxyl groups is 2. The summed E-state index contributed by atoms with van der Waals surface area (Å²) in [6, 6.07) is 0. The molecule has 0 spiro atoms. The molecule has 6 N–H and O–H groups in total. The van der Waals surface area contributed by atoms with Crippen molar-refractivity contribution in [1.82, 2.24) is 0 Å². The Kier molecular flexibility index (Phi) is 8.97. The molecule has 0 aromatic carbocycles. The zero-order chi connectivity index (χ0) is 13.3. The average molecular weight is 239 g/mol. The van der Waals surface area contributed by atoms with Crippen LogP contribution in [-0.2, 0) is 14.4 Å². The van der Waals surface area contributed by atoms with E-state index >= 15 is 0 Å². The molecular formula is C7H13NO8. The number of carbonyl (C=O) groups excluding carboxylic acids is 1. The van der Waals surface area contributed by atoms with Crippen molar-refractivity contribution in [3.63, 3.8) is 0 Å². The summed E-state index contributed by atoms with van der Waals surface area (Å²) in [7, 11) is 1.72. The van der Waals surface area contributed by atoms with E-state index in [0.717, 1.165) is 0 Å². The fraction of sp³-hybridized carbons (Fsp3) is 0.571. The van der Waals surface area contributed by atoms with Gasteiger partial charge in [0.15, 0.2) is 12.6 Å². The summed E-state index contributed by atoms with van der Waals surface area (Å²) in [6.45, 7) is 0.167. The summed E-state index contributed by atoms with van der Waals surface area (Å²) in [6.07, 6.45) is -4.71. The number of likely N-dealkylation sites (N-methyl/N-ethyl adjacent to an activating group) is 1. The van der Waals surface area contributed by atoms with Crippen molar-refractivity contribution in [2.75, 3.05) is 13.6 Å². The van der Waals surface area contributed by atoms with Crippen LogP contribution in [0.2, 0.25) is 0 Å². The number of nitrogens with two attached hydrogens (primary N) is 1. The summed E-state index contributed by atoms with van der Waals surface area (Å²) >= 11 is 0. The van der Waals surface area contributed by atoms with Crippen LogP contribution < -0.4 is 10.4 Å². The lowest BCUT2D eigenvalue weighted by Crippen LogP contribution is -2.81. The smallest absolute Gasteiger partial charge is 0.359 e. The SMILES string of the molecule is C[NH2+]CC(=O)O.O=C([O-])[C@H](O)[C@@H](O)C(=O)O. The van der Waals surface area contributed by atoms with E-state index in [1.165, 1.54) is 0 Å². The van der Waals surface area contributed by atoms with Crippen LogP contribution in [0.4, 0.5) is 0 Å². The van der Waals surface area contributed by atoms with Crippen LogP contribution in [0.25, 0.3) is 0 Å². The predicted molar refractivity (Wildman–Crippen MR) is 45.0 cm³/mol. The van der Waals surface area contributed by atoms with E-state index in [1.54, 1.807) is 12.4 Å². The first-order valence-electron chi connectivity index (χ1n) is 4.03. The number of carbonyl (C=O) groups is 3. The van der Waals surface area contributed by atoms with Crippen molar-refractivity contribution in [1.29, 1.82) is 0 Å². The summed E-state index contributed by atoms with van der Waals surface area (Å²) < 4.78 is 0. The lowest BCUT2D eigenvalue weighted by molar-refractivity contribution is -0.616. The van der Waals surface area contributed by atoms with Gasteiger partial charge in [0.25, 0.3) is 0 Å². The monoisotopic (exact) mass is 239 g/mol. The van der Waals surface area contributed by atoms with Gasteiger partial charge in [0.05, 0.1) is 13.0 Å². The number of rotatable bonds is 5. The van der Waals surface area contributed by atoms with Gasteiger partial charge in [0.1, 0.15) is 6.10 Å². The lowest BCUT2D eigenvalue weighted by Gasteiger charge is -2.13. The summed E-state index contributed by atoms with van der Waals surface area (Å²) in [5.41, 5.74) is 0. The molecule has 0 fully saturated rings. The van der Waals surface area contributed by atoms with Gasteiger partial charge in [-0.1, -0.05) is 0 Å². The number of carboxylic acid groups (broad SMARTS) is 3. The second-order valence-electron chi connectivity index (χ2n) is 2.55. The molecule has 0 aromatic heterocycles. The van der Waals surface area contributed by atoms with Crippen molar-refractivity contribution in [3.05, 3.63) is 0 Å². The molecule has 9 heteroatoms.